The predicted octanol–water partition coefficient (Wildman–Crippen LogP) is 2.50. The second-order valence-electron chi connectivity index (χ2n) is 4.53. The molecule has 0 bridgehead atoms. The van der Waals surface area contributed by atoms with Crippen LogP contribution in [0.25, 0.3) is 5.32 Å². The Morgan fingerprint density at radius 1 is 1.58 bits per heavy atom. The quantitative estimate of drug-likeness (QED) is 0.535. The molecule has 0 aromatic carbocycles. The Labute approximate surface area is 125 Å². The van der Waals surface area contributed by atoms with E-state index < -0.39 is 0 Å². The van der Waals surface area contributed by atoms with Gasteiger partial charge in [0.05, 0.1) is 0 Å². The maximum atomic E-state index is 4.55. The van der Waals surface area contributed by atoms with Gasteiger partial charge in [0.25, 0.3) is 0 Å². The molecule has 1 saturated heterocycles. The fourth-order valence-electron chi connectivity index (χ4n) is 2.43. The number of rotatable bonds is 5. The third-order valence-corrected chi connectivity index (χ3v) is 3.71. The molecule has 0 radical (unpaired) electrons. The van der Waals surface area contributed by atoms with Crippen LogP contribution in [-0.4, -0.2) is 33.4 Å². The fourth-order valence-corrected chi connectivity index (χ4v) is 2.63. The van der Waals surface area contributed by atoms with Gasteiger partial charge in [-0.2, -0.15) is 0 Å². The van der Waals surface area contributed by atoms with E-state index in [1.54, 1.807) is 10.9 Å². The van der Waals surface area contributed by atoms with Gasteiger partial charge in [-0.15, -0.1) is 0 Å². The van der Waals surface area contributed by atoms with Gasteiger partial charge in [-0.05, 0) is 0 Å². The summed E-state index contributed by atoms with van der Waals surface area (Å²) >= 11 is 1.31. The number of aromatic nitrogens is 2. The second kappa shape index (κ2) is 6.90. The summed E-state index contributed by atoms with van der Waals surface area (Å²) < 4.78 is 1.78. The molecule has 1 unspecified atom stereocenters. The van der Waals surface area contributed by atoms with Gasteiger partial charge in [0, 0.05) is 0 Å². The summed E-state index contributed by atoms with van der Waals surface area (Å²) in [7, 11) is 0. The van der Waals surface area contributed by atoms with Crippen LogP contribution < -0.4 is 4.90 Å². The summed E-state index contributed by atoms with van der Waals surface area (Å²) in [5, 5.41) is 4.25. The van der Waals surface area contributed by atoms with E-state index in [1.165, 1.54) is 32.2 Å². The average Bonchev–Trinajstić information content (AvgIpc) is 2.86. The zero-order valence-corrected chi connectivity index (χ0v) is 14.2. The van der Waals surface area contributed by atoms with Crippen LogP contribution in [0.2, 0.25) is 0 Å². The van der Waals surface area contributed by atoms with Crippen LogP contribution in [0.4, 0.5) is 11.6 Å². The first kappa shape index (κ1) is 14.3. The molecule has 5 nitrogen and oxygen atoms in total. The van der Waals surface area contributed by atoms with Crippen LogP contribution in [0.15, 0.2) is 11.1 Å². The molecule has 0 N–H and O–H groups in total. The second-order valence-corrected chi connectivity index (χ2v) is 5.29. The van der Waals surface area contributed by atoms with Gasteiger partial charge in [-0.3, -0.25) is 0 Å². The molecule has 1 aliphatic rings. The van der Waals surface area contributed by atoms with Crippen molar-refractivity contribution in [2.45, 2.75) is 39.2 Å². The van der Waals surface area contributed by atoms with Gasteiger partial charge in [0.2, 0.25) is 0 Å². The molecular formula is C13H18N5W-. The molecule has 0 amide bonds. The molecule has 19 heavy (non-hydrogen) atoms. The molecule has 0 saturated carbocycles. The van der Waals surface area contributed by atoms with E-state index in [-0.39, 0.29) is 0 Å². The predicted molar refractivity (Wildman–Crippen MR) is 75.0 cm³/mol. The Morgan fingerprint density at radius 2 is 2.42 bits per heavy atom. The van der Waals surface area contributed by atoms with Crippen molar-refractivity contribution in [3.05, 3.63) is 17.2 Å². The molecule has 0 aliphatic carbocycles. The summed E-state index contributed by atoms with van der Waals surface area (Å²) in [5.41, 5.74) is 0. The summed E-state index contributed by atoms with van der Waals surface area (Å²) in [5.74, 6) is 2.44. The minimum absolute atomic E-state index is 0.600. The van der Waals surface area contributed by atoms with E-state index >= 15 is 0 Å². The molecule has 1 atom stereocenters. The molecule has 2 heterocycles. The van der Waals surface area contributed by atoms with E-state index in [1.807, 2.05) is 13.0 Å². The third-order valence-electron chi connectivity index (χ3n) is 3.27. The van der Waals surface area contributed by atoms with Crippen LogP contribution >= 0.6 is 0 Å². The number of nitrogens with zero attached hydrogens (tertiary/aromatic N) is 5. The Kier molecular flexibility index (Phi) is 5.20. The van der Waals surface area contributed by atoms with Crippen molar-refractivity contribution in [1.29, 1.82) is 0 Å². The van der Waals surface area contributed by atoms with Gasteiger partial charge in [0.1, 0.15) is 0 Å². The van der Waals surface area contributed by atoms with E-state index in [9.17, 15) is 0 Å². The first-order chi connectivity index (χ1) is 9.24. The van der Waals surface area contributed by atoms with E-state index in [4.69, 9.17) is 0 Å². The molecule has 6 heteroatoms. The average molecular weight is 428 g/mol. The minimum atomic E-state index is 0.600. The van der Waals surface area contributed by atoms with Gasteiger partial charge >= 0.3 is 125 Å². The molecule has 102 valence electrons. The van der Waals surface area contributed by atoms with E-state index in [2.05, 4.69) is 32.1 Å². The first-order valence-electron chi connectivity index (χ1n) is 6.53. The third kappa shape index (κ3) is 3.69. The fraction of sp³-hybridized carbons (Fsp3) is 0.538. The van der Waals surface area contributed by atoms with Crippen molar-refractivity contribution in [2.24, 2.45) is 4.99 Å². The summed E-state index contributed by atoms with van der Waals surface area (Å²) in [6.07, 6.45) is 5.19. The van der Waals surface area contributed by atoms with Crippen LogP contribution in [0, 0.1) is 6.92 Å². The summed E-state index contributed by atoms with van der Waals surface area (Å²) in [4.78, 5) is 15.3. The summed E-state index contributed by atoms with van der Waals surface area (Å²) in [6.45, 7) is 5.22. The van der Waals surface area contributed by atoms with Gasteiger partial charge in [0.15, 0.2) is 0 Å². The number of anilines is 1. The molecule has 2 rings (SSSR count). The zero-order chi connectivity index (χ0) is 13.7. The summed E-state index contributed by atoms with van der Waals surface area (Å²) in [6, 6.07) is 2.55. The zero-order valence-electron chi connectivity index (χ0n) is 11.3. The van der Waals surface area contributed by atoms with Gasteiger partial charge in [-0.1, -0.05) is 0 Å². The van der Waals surface area contributed by atoms with E-state index in [0.29, 0.717) is 11.9 Å². The van der Waals surface area contributed by atoms with Gasteiger partial charge in [-0.25, -0.2) is 0 Å². The molecule has 1 aromatic heterocycles. The first-order valence-corrected chi connectivity index (χ1v) is 8.22. The molecule has 1 fully saturated rings. The SMILES string of the molecule is CCC1CCCN1c1cc([N-]C=N[CH]=[W])nc(C)n1. The van der Waals surface area contributed by atoms with Crippen molar-refractivity contribution in [1.82, 2.24) is 9.97 Å². The number of hydrogen-bond acceptors (Lipinski definition) is 4. The Morgan fingerprint density at radius 3 is 3.16 bits per heavy atom. The van der Waals surface area contributed by atoms with Crippen LogP contribution in [-0.2, 0) is 19.4 Å². The van der Waals surface area contributed by atoms with Gasteiger partial charge < -0.3 is 0 Å². The molecule has 1 aliphatic heterocycles. The Balaban J connectivity index is 2.20. The number of aliphatic imine (C=N–C) groups is 1. The van der Waals surface area contributed by atoms with Crippen LogP contribution in [0.1, 0.15) is 32.0 Å². The van der Waals surface area contributed by atoms with Crippen molar-refractivity contribution < 1.29 is 19.4 Å². The van der Waals surface area contributed by atoms with E-state index in [0.717, 1.165) is 24.6 Å². The van der Waals surface area contributed by atoms with Crippen molar-refractivity contribution in [3.63, 3.8) is 0 Å². The monoisotopic (exact) mass is 428 g/mol. The van der Waals surface area contributed by atoms with Crippen molar-refractivity contribution in [2.75, 3.05) is 11.4 Å². The van der Waals surface area contributed by atoms with Crippen molar-refractivity contribution >= 4 is 22.5 Å². The normalized spacial score (nSPS) is 19.1. The van der Waals surface area contributed by atoms with Crippen LogP contribution in [0.5, 0.6) is 0 Å². The number of hydrogen-bond donors (Lipinski definition) is 0. The van der Waals surface area contributed by atoms with Crippen molar-refractivity contribution in [3.8, 4) is 0 Å². The maximum absolute atomic E-state index is 4.55. The van der Waals surface area contributed by atoms with Crippen LogP contribution in [0.3, 0.4) is 0 Å². The molecule has 1 aromatic rings. The topological polar surface area (TPSA) is 55.5 Å². The number of aryl methyl sites for hydroxylation is 1. The molecule has 0 spiro atoms. The Bertz CT molecular complexity index is 474. The standard InChI is InChI=1S/C13H18N5.W/c1-4-11-6-5-7-18(11)13-8-12(15-9-14-3)16-10(2)17-13;/h3,8-9,11H,4-7H2,1-2H3;/q-1;. The molecular weight excluding hydrogens is 410 g/mol. The Hall–Kier alpha value is -1.09.